The summed E-state index contributed by atoms with van der Waals surface area (Å²) in [6.45, 7) is 5.62. The van der Waals surface area contributed by atoms with Gasteiger partial charge in [-0.05, 0) is 37.5 Å². The lowest BCUT2D eigenvalue weighted by atomic mass is 10.0. The van der Waals surface area contributed by atoms with Gasteiger partial charge in [0.05, 0.1) is 12.2 Å². The fourth-order valence-corrected chi connectivity index (χ4v) is 3.82. The van der Waals surface area contributed by atoms with Gasteiger partial charge in [-0.3, -0.25) is 4.68 Å². The van der Waals surface area contributed by atoms with E-state index in [9.17, 15) is 0 Å². The monoisotopic (exact) mass is 275 g/mol. The lowest BCUT2D eigenvalue weighted by Gasteiger charge is -2.16. The summed E-state index contributed by atoms with van der Waals surface area (Å²) in [7, 11) is 0. The van der Waals surface area contributed by atoms with Crippen LogP contribution in [0.15, 0.2) is 6.20 Å². The van der Waals surface area contributed by atoms with Crippen LogP contribution in [0, 0.1) is 11.8 Å². The SMILES string of the molecule is c1c(CNC2CC2)nnn1CCN1CC2CCCC2C1. The third kappa shape index (κ3) is 2.88. The Bertz CT molecular complexity index is 441. The van der Waals surface area contributed by atoms with Crippen LogP contribution in [0.2, 0.25) is 0 Å². The van der Waals surface area contributed by atoms with Crippen molar-refractivity contribution in [3.8, 4) is 0 Å². The Kier molecular flexibility index (Phi) is 3.48. The zero-order valence-electron chi connectivity index (χ0n) is 12.2. The van der Waals surface area contributed by atoms with Crippen LogP contribution in [0.3, 0.4) is 0 Å². The van der Waals surface area contributed by atoms with Gasteiger partial charge in [0.15, 0.2) is 0 Å². The van der Waals surface area contributed by atoms with Crippen molar-refractivity contribution in [1.29, 1.82) is 0 Å². The maximum atomic E-state index is 4.25. The highest BCUT2D eigenvalue weighted by Crippen LogP contribution is 2.37. The van der Waals surface area contributed by atoms with Gasteiger partial charge in [0.25, 0.3) is 0 Å². The van der Waals surface area contributed by atoms with E-state index in [-0.39, 0.29) is 0 Å². The minimum atomic E-state index is 0.740. The molecule has 2 saturated carbocycles. The molecule has 3 fully saturated rings. The third-order valence-corrected chi connectivity index (χ3v) is 5.18. The van der Waals surface area contributed by atoms with E-state index in [1.807, 2.05) is 4.68 Å². The Morgan fingerprint density at radius 1 is 1.10 bits per heavy atom. The number of aromatic nitrogens is 3. The van der Waals surface area contributed by atoms with E-state index in [0.717, 1.165) is 43.2 Å². The average Bonchev–Trinajstić information content (AvgIpc) is 2.85. The summed E-state index contributed by atoms with van der Waals surface area (Å²) >= 11 is 0. The van der Waals surface area contributed by atoms with Gasteiger partial charge >= 0.3 is 0 Å². The van der Waals surface area contributed by atoms with Crippen LogP contribution < -0.4 is 5.32 Å². The second-order valence-corrected chi connectivity index (χ2v) is 6.84. The Labute approximate surface area is 120 Å². The number of fused-ring (bicyclic) bond motifs is 1. The van der Waals surface area contributed by atoms with Crippen LogP contribution in [0.4, 0.5) is 0 Å². The van der Waals surface area contributed by atoms with E-state index in [1.54, 1.807) is 0 Å². The molecule has 0 radical (unpaired) electrons. The van der Waals surface area contributed by atoms with Gasteiger partial charge in [-0.1, -0.05) is 11.6 Å². The lowest BCUT2D eigenvalue weighted by molar-refractivity contribution is 0.291. The van der Waals surface area contributed by atoms with Gasteiger partial charge in [-0.15, -0.1) is 5.10 Å². The first-order chi connectivity index (χ1) is 9.87. The summed E-state index contributed by atoms with van der Waals surface area (Å²) in [6.07, 6.45) is 9.13. The average molecular weight is 275 g/mol. The molecule has 0 aromatic carbocycles. The first-order valence-electron chi connectivity index (χ1n) is 8.21. The minimum absolute atomic E-state index is 0.740. The normalized spacial score (nSPS) is 30.0. The summed E-state index contributed by atoms with van der Waals surface area (Å²) in [6, 6.07) is 0.740. The third-order valence-electron chi connectivity index (χ3n) is 5.18. The molecule has 1 N–H and O–H groups in total. The van der Waals surface area contributed by atoms with Crippen molar-refractivity contribution >= 4 is 0 Å². The van der Waals surface area contributed by atoms with Gasteiger partial charge in [-0.25, -0.2) is 0 Å². The molecule has 5 heteroatoms. The molecule has 1 aromatic rings. The first-order valence-corrected chi connectivity index (χ1v) is 8.21. The second kappa shape index (κ2) is 5.45. The van der Waals surface area contributed by atoms with Crippen LogP contribution in [-0.2, 0) is 13.1 Å². The zero-order valence-corrected chi connectivity index (χ0v) is 12.2. The van der Waals surface area contributed by atoms with Crippen molar-refractivity contribution in [2.24, 2.45) is 11.8 Å². The van der Waals surface area contributed by atoms with Crippen molar-refractivity contribution in [1.82, 2.24) is 25.2 Å². The Hall–Kier alpha value is -0.940. The fourth-order valence-electron chi connectivity index (χ4n) is 3.82. The smallest absolute Gasteiger partial charge is 0.0964 e. The highest BCUT2D eigenvalue weighted by molar-refractivity contribution is 4.94. The Morgan fingerprint density at radius 2 is 1.90 bits per heavy atom. The molecule has 20 heavy (non-hydrogen) atoms. The second-order valence-electron chi connectivity index (χ2n) is 6.84. The zero-order chi connectivity index (χ0) is 13.4. The molecule has 4 rings (SSSR count). The maximum absolute atomic E-state index is 4.25. The molecule has 2 heterocycles. The Morgan fingerprint density at radius 3 is 2.65 bits per heavy atom. The maximum Gasteiger partial charge on any atom is 0.0964 e. The summed E-state index contributed by atoms with van der Waals surface area (Å²) < 4.78 is 2.01. The predicted octanol–water partition coefficient (Wildman–Crippen LogP) is 1.26. The molecule has 3 aliphatic rings. The molecular weight excluding hydrogens is 250 g/mol. The molecule has 2 aliphatic carbocycles. The standard InChI is InChI=1S/C15H25N5/c1-2-12-9-19(10-13(12)3-1)6-7-20-11-15(17-18-20)8-16-14-4-5-14/h11-14,16H,1-10H2. The molecule has 2 atom stereocenters. The molecule has 1 aliphatic heterocycles. The Balaban J connectivity index is 1.23. The number of rotatable bonds is 6. The molecule has 1 aromatic heterocycles. The molecule has 5 nitrogen and oxygen atoms in total. The van der Waals surface area contributed by atoms with Crippen LogP contribution in [0.1, 0.15) is 37.8 Å². The van der Waals surface area contributed by atoms with Gasteiger partial charge in [0, 0.05) is 38.4 Å². The molecular formula is C15H25N5. The van der Waals surface area contributed by atoms with Gasteiger partial charge < -0.3 is 10.2 Å². The van der Waals surface area contributed by atoms with Crippen molar-refractivity contribution < 1.29 is 0 Å². The van der Waals surface area contributed by atoms with E-state index in [1.165, 1.54) is 45.2 Å². The summed E-state index contributed by atoms with van der Waals surface area (Å²) in [5, 5.41) is 12.0. The topological polar surface area (TPSA) is 46.0 Å². The first kappa shape index (κ1) is 12.8. The van der Waals surface area contributed by atoms with E-state index in [2.05, 4.69) is 26.7 Å². The molecule has 2 unspecified atom stereocenters. The van der Waals surface area contributed by atoms with Crippen molar-refractivity contribution in [2.45, 2.75) is 51.2 Å². The molecule has 0 amide bonds. The van der Waals surface area contributed by atoms with Gasteiger partial charge in [0.1, 0.15) is 0 Å². The van der Waals surface area contributed by atoms with Gasteiger partial charge in [-0.2, -0.15) is 0 Å². The summed E-state index contributed by atoms with van der Waals surface area (Å²) in [5.74, 6) is 1.98. The van der Waals surface area contributed by atoms with Crippen molar-refractivity contribution in [2.75, 3.05) is 19.6 Å². The summed E-state index contributed by atoms with van der Waals surface area (Å²) in [4.78, 5) is 2.62. The van der Waals surface area contributed by atoms with Gasteiger partial charge in [0.2, 0.25) is 0 Å². The quantitative estimate of drug-likeness (QED) is 0.849. The lowest BCUT2D eigenvalue weighted by Crippen LogP contribution is -2.26. The van der Waals surface area contributed by atoms with Crippen molar-refractivity contribution in [3.63, 3.8) is 0 Å². The van der Waals surface area contributed by atoms with E-state index in [0.29, 0.717) is 0 Å². The van der Waals surface area contributed by atoms with Crippen molar-refractivity contribution in [3.05, 3.63) is 11.9 Å². The largest absolute Gasteiger partial charge is 0.308 e. The number of hydrogen-bond donors (Lipinski definition) is 1. The highest BCUT2D eigenvalue weighted by atomic mass is 15.4. The molecule has 0 bridgehead atoms. The molecule has 1 saturated heterocycles. The highest BCUT2D eigenvalue weighted by Gasteiger charge is 2.35. The number of nitrogens with one attached hydrogen (secondary N) is 1. The van der Waals surface area contributed by atoms with E-state index < -0.39 is 0 Å². The fraction of sp³-hybridized carbons (Fsp3) is 0.867. The van der Waals surface area contributed by atoms with Crippen LogP contribution >= 0.6 is 0 Å². The number of nitrogens with zero attached hydrogens (tertiary/aromatic N) is 4. The van der Waals surface area contributed by atoms with Crippen LogP contribution in [0.5, 0.6) is 0 Å². The molecule has 110 valence electrons. The van der Waals surface area contributed by atoms with Crippen LogP contribution in [0.25, 0.3) is 0 Å². The number of likely N-dealkylation sites (tertiary alicyclic amines) is 1. The molecule has 0 spiro atoms. The predicted molar refractivity (Wildman–Crippen MR) is 77.2 cm³/mol. The van der Waals surface area contributed by atoms with E-state index >= 15 is 0 Å². The minimum Gasteiger partial charge on any atom is -0.308 e. The van der Waals surface area contributed by atoms with E-state index in [4.69, 9.17) is 0 Å². The van der Waals surface area contributed by atoms with Crippen LogP contribution in [-0.4, -0.2) is 45.6 Å². The number of hydrogen-bond acceptors (Lipinski definition) is 4. The summed E-state index contributed by atoms with van der Waals surface area (Å²) in [5.41, 5.74) is 1.08.